The maximum Gasteiger partial charge on any atom is 0.246 e. The van der Waals surface area contributed by atoms with Gasteiger partial charge in [-0.05, 0) is 37.0 Å². The summed E-state index contributed by atoms with van der Waals surface area (Å²) in [7, 11) is 1.68. The maximum absolute atomic E-state index is 12.8. The number of hydrogen-bond acceptors (Lipinski definition) is 3. The number of ether oxygens (including phenoxy) is 1. The van der Waals surface area contributed by atoms with Gasteiger partial charge < -0.3 is 15.0 Å². The lowest BCUT2D eigenvalue weighted by molar-refractivity contribution is -0.153. The number of amides is 2. The monoisotopic (exact) mass is 296 g/mol. The molecule has 2 aliphatic rings. The summed E-state index contributed by atoms with van der Waals surface area (Å²) < 4.78 is 5.06. The zero-order valence-corrected chi connectivity index (χ0v) is 13.6. The molecule has 0 aromatic rings. The Hall–Kier alpha value is -1.10. The van der Waals surface area contributed by atoms with E-state index in [0.717, 1.165) is 25.7 Å². The second-order valence-corrected chi connectivity index (χ2v) is 7.32. The van der Waals surface area contributed by atoms with Crippen LogP contribution in [0, 0.1) is 11.3 Å². The SMILES string of the molecule is COCCCCN1C(=O)C(C(C)(C)C)NC(=O)C1C1CC1. The van der Waals surface area contributed by atoms with Gasteiger partial charge in [0.1, 0.15) is 12.1 Å². The Bertz CT molecular complexity index is 399. The topological polar surface area (TPSA) is 58.6 Å². The van der Waals surface area contributed by atoms with E-state index in [4.69, 9.17) is 4.74 Å². The molecule has 0 spiro atoms. The number of carbonyl (C=O) groups is 2. The van der Waals surface area contributed by atoms with Crippen molar-refractivity contribution in [1.29, 1.82) is 0 Å². The number of rotatable bonds is 6. The molecule has 2 unspecified atom stereocenters. The Morgan fingerprint density at radius 1 is 1.24 bits per heavy atom. The third-order valence-electron chi connectivity index (χ3n) is 4.35. The molecule has 0 radical (unpaired) electrons. The fourth-order valence-corrected chi connectivity index (χ4v) is 2.98. The molecule has 1 aliphatic heterocycles. The van der Waals surface area contributed by atoms with Gasteiger partial charge in [-0.25, -0.2) is 0 Å². The normalized spacial score (nSPS) is 27.0. The van der Waals surface area contributed by atoms with Gasteiger partial charge in [0.25, 0.3) is 0 Å². The number of piperazine rings is 1. The average molecular weight is 296 g/mol. The van der Waals surface area contributed by atoms with Crippen molar-refractivity contribution in [1.82, 2.24) is 10.2 Å². The lowest BCUT2D eigenvalue weighted by Gasteiger charge is -2.43. The van der Waals surface area contributed by atoms with Crippen LogP contribution in [0.4, 0.5) is 0 Å². The summed E-state index contributed by atoms with van der Waals surface area (Å²) in [4.78, 5) is 27.1. The van der Waals surface area contributed by atoms with Gasteiger partial charge >= 0.3 is 0 Å². The molecule has 5 nitrogen and oxygen atoms in total. The molecule has 120 valence electrons. The minimum Gasteiger partial charge on any atom is -0.385 e. The largest absolute Gasteiger partial charge is 0.385 e. The first-order valence-corrected chi connectivity index (χ1v) is 7.96. The zero-order chi connectivity index (χ0) is 15.6. The van der Waals surface area contributed by atoms with Gasteiger partial charge in [0.2, 0.25) is 11.8 Å². The van der Waals surface area contributed by atoms with Crippen molar-refractivity contribution in [2.24, 2.45) is 11.3 Å². The standard InChI is InChI=1S/C16H28N2O3/c1-16(2,3)13-15(20)18(9-5-6-10-21-4)12(11-7-8-11)14(19)17-13/h11-13H,5-10H2,1-4H3,(H,17,19). The zero-order valence-electron chi connectivity index (χ0n) is 13.6. The molecular formula is C16H28N2O3. The van der Waals surface area contributed by atoms with Gasteiger partial charge in [-0.3, -0.25) is 9.59 Å². The Kier molecular flexibility index (Phi) is 4.91. The van der Waals surface area contributed by atoms with Gasteiger partial charge in [0.05, 0.1) is 0 Å². The van der Waals surface area contributed by atoms with Crippen LogP contribution in [0.1, 0.15) is 46.5 Å². The highest BCUT2D eigenvalue weighted by Crippen LogP contribution is 2.38. The lowest BCUT2D eigenvalue weighted by Crippen LogP contribution is -2.67. The number of methoxy groups -OCH3 is 1. The minimum atomic E-state index is -0.414. The van der Waals surface area contributed by atoms with Crippen LogP contribution in [0.3, 0.4) is 0 Å². The fraction of sp³-hybridized carbons (Fsp3) is 0.875. The van der Waals surface area contributed by atoms with Crippen molar-refractivity contribution < 1.29 is 14.3 Å². The maximum atomic E-state index is 12.8. The van der Waals surface area contributed by atoms with E-state index in [0.29, 0.717) is 19.1 Å². The molecule has 2 rings (SSSR count). The Balaban J connectivity index is 2.09. The first kappa shape index (κ1) is 16.3. The van der Waals surface area contributed by atoms with Crippen molar-refractivity contribution in [2.75, 3.05) is 20.3 Å². The van der Waals surface area contributed by atoms with Gasteiger partial charge in [-0.2, -0.15) is 0 Å². The van der Waals surface area contributed by atoms with Crippen LogP contribution >= 0.6 is 0 Å². The van der Waals surface area contributed by atoms with E-state index in [1.165, 1.54) is 0 Å². The number of unbranched alkanes of at least 4 members (excludes halogenated alkanes) is 1. The molecule has 21 heavy (non-hydrogen) atoms. The first-order chi connectivity index (χ1) is 9.86. The van der Waals surface area contributed by atoms with E-state index in [1.807, 2.05) is 25.7 Å². The highest BCUT2D eigenvalue weighted by molar-refractivity contribution is 5.97. The van der Waals surface area contributed by atoms with Crippen LogP contribution in [-0.4, -0.2) is 49.1 Å². The van der Waals surface area contributed by atoms with Crippen LogP contribution in [0.25, 0.3) is 0 Å². The number of nitrogens with zero attached hydrogens (tertiary/aromatic N) is 1. The van der Waals surface area contributed by atoms with Crippen LogP contribution in [0.5, 0.6) is 0 Å². The van der Waals surface area contributed by atoms with Crippen molar-refractivity contribution in [3.05, 3.63) is 0 Å². The molecule has 1 N–H and O–H groups in total. The van der Waals surface area contributed by atoms with E-state index in [-0.39, 0.29) is 23.3 Å². The molecule has 0 aromatic heterocycles. The Morgan fingerprint density at radius 2 is 1.90 bits per heavy atom. The highest BCUT2D eigenvalue weighted by atomic mass is 16.5. The van der Waals surface area contributed by atoms with Crippen LogP contribution in [0.2, 0.25) is 0 Å². The molecular weight excluding hydrogens is 268 g/mol. The molecule has 1 aliphatic carbocycles. The number of nitrogens with one attached hydrogen (secondary N) is 1. The third kappa shape index (κ3) is 3.76. The first-order valence-electron chi connectivity index (χ1n) is 7.96. The van der Waals surface area contributed by atoms with Crippen LogP contribution < -0.4 is 5.32 Å². The summed E-state index contributed by atoms with van der Waals surface area (Å²) in [6.45, 7) is 7.34. The molecule has 0 bridgehead atoms. The highest BCUT2D eigenvalue weighted by Gasteiger charge is 2.50. The van der Waals surface area contributed by atoms with E-state index in [2.05, 4.69) is 5.32 Å². The van der Waals surface area contributed by atoms with E-state index in [9.17, 15) is 9.59 Å². The second kappa shape index (κ2) is 6.34. The molecule has 0 aromatic carbocycles. The molecule has 2 amide bonds. The molecule has 1 saturated carbocycles. The summed E-state index contributed by atoms with van der Waals surface area (Å²) in [6, 6.07) is -0.666. The van der Waals surface area contributed by atoms with Gasteiger partial charge in [-0.15, -0.1) is 0 Å². The van der Waals surface area contributed by atoms with Gasteiger partial charge in [0.15, 0.2) is 0 Å². The van der Waals surface area contributed by atoms with Crippen molar-refractivity contribution in [3.63, 3.8) is 0 Å². The molecule has 2 fully saturated rings. The molecule has 5 heteroatoms. The predicted octanol–water partition coefficient (Wildman–Crippen LogP) is 1.56. The Morgan fingerprint density at radius 3 is 2.43 bits per heavy atom. The Labute approximate surface area is 127 Å². The summed E-state index contributed by atoms with van der Waals surface area (Å²) in [5.74, 6) is 0.470. The van der Waals surface area contributed by atoms with Crippen LogP contribution in [-0.2, 0) is 14.3 Å². The number of carbonyl (C=O) groups excluding carboxylic acids is 2. The van der Waals surface area contributed by atoms with Crippen LogP contribution in [0.15, 0.2) is 0 Å². The lowest BCUT2D eigenvalue weighted by atomic mass is 9.83. The second-order valence-electron chi connectivity index (χ2n) is 7.32. The summed E-state index contributed by atoms with van der Waals surface area (Å²) in [5.41, 5.74) is -0.258. The fourth-order valence-electron chi connectivity index (χ4n) is 2.98. The van der Waals surface area contributed by atoms with Crippen molar-refractivity contribution in [2.45, 2.75) is 58.5 Å². The molecule has 1 saturated heterocycles. The van der Waals surface area contributed by atoms with Crippen molar-refractivity contribution in [3.8, 4) is 0 Å². The quantitative estimate of drug-likeness (QED) is 0.757. The average Bonchev–Trinajstić information content (AvgIpc) is 3.21. The predicted molar refractivity (Wildman–Crippen MR) is 80.7 cm³/mol. The van der Waals surface area contributed by atoms with Gasteiger partial charge in [0, 0.05) is 20.3 Å². The summed E-state index contributed by atoms with van der Waals surface area (Å²) in [5, 5.41) is 2.95. The smallest absolute Gasteiger partial charge is 0.246 e. The minimum absolute atomic E-state index is 0.0313. The van der Waals surface area contributed by atoms with E-state index in [1.54, 1.807) is 7.11 Å². The molecule has 1 heterocycles. The van der Waals surface area contributed by atoms with Gasteiger partial charge in [-0.1, -0.05) is 20.8 Å². The number of hydrogen-bond donors (Lipinski definition) is 1. The third-order valence-corrected chi connectivity index (χ3v) is 4.35. The van der Waals surface area contributed by atoms with E-state index >= 15 is 0 Å². The summed E-state index contributed by atoms with van der Waals surface area (Å²) in [6.07, 6.45) is 3.91. The van der Waals surface area contributed by atoms with E-state index < -0.39 is 6.04 Å². The summed E-state index contributed by atoms with van der Waals surface area (Å²) >= 11 is 0. The van der Waals surface area contributed by atoms with Crippen molar-refractivity contribution >= 4 is 11.8 Å². The molecule has 2 atom stereocenters.